The highest BCUT2D eigenvalue weighted by molar-refractivity contribution is 7.80. The van der Waals surface area contributed by atoms with Crippen molar-refractivity contribution >= 4 is 48.1 Å². The van der Waals surface area contributed by atoms with Crippen LogP contribution in [0.15, 0.2) is 152 Å². The number of hydrogen-bond donors (Lipinski definition) is 0. The predicted octanol–water partition coefficient (Wildman–Crippen LogP) is 6.96. The quantitative estimate of drug-likeness (QED) is 0.140. The standard InChI is InChI=1S/C35H32OP2/c1-2-34(36-27-28-37(29-17-7-3-8-18-29)30-19-9-4-10-20-30)33-25-15-16-26-35(33)38(31-21-11-5-12-22-31)32-23-13-6-14-24-32/h2-26H,27-28H2,1H3/b34-2-. The summed E-state index contributed by atoms with van der Waals surface area (Å²) in [7, 11) is -1.22. The summed E-state index contributed by atoms with van der Waals surface area (Å²) in [5.74, 6) is 0.955. The molecule has 0 aliphatic rings. The lowest BCUT2D eigenvalue weighted by Gasteiger charge is -2.24. The SMILES string of the molecule is C/C=C(\OCCP(c1ccccc1)c1ccccc1)c1ccccc1P(c1ccccc1)c1ccccc1. The molecule has 0 heterocycles. The van der Waals surface area contributed by atoms with Crippen molar-refractivity contribution in [3.05, 3.63) is 157 Å². The van der Waals surface area contributed by atoms with Crippen LogP contribution in [0.2, 0.25) is 0 Å². The number of hydrogen-bond acceptors (Lipinski definition) is 1. The van der Waals surface area contributed by atoms with Gasteiger partial charge in [0, 0.05) is 11.7 Å². The first-order chi connectivity index (χ1) is 18.8. The molecule has 0 bridgehead atoms. The fourth-order valence-corrected chi connectivity index (χ4v) is 9.25. The molecule has 0 aliphatic carbocycles. The zero-order chi connectivity index (χ0) is 26.0. The molecule has 38 heavy (non-hydrogen) atoms. The van der Waals surface area contributed by atoms with Crippen molar-refractivity contribution in [2.45, 2.75) is 6.92 Å². The van der Waals surface area contributed by atoms with Gasteiger partial charge in [-0.1, -0.05) is 146 Å². The first kappa shape index (κ1) is 26.1. The maximum Gasteiger partial charge on any atom is 0.122 e. The van der Waals surface area contributed by atoms with Gasteiger partial charge in [-0.05, 0) is 55.4 Å². The fraction of sp³-hybridized carbons (Fsp3) is 0.0857. The summed E-state index contributed by atoms with van der Waals surface area (Å²) < 4.78 is 6.60. The monoisotopic (exact) mass is 530 g/mol. The van der Waals surface area contributed by atoms with E-state index < -0.39 is 15.8 Å². The fourth-order valence-electron chi connectivity index (χ4n) is 4.64. The summed E-state index contributed by atoms with van der Waals surface area (Å²) in [5.41, 5.74) is 1.18. The minimum absolute atomic E-state index is 0.496. The van der Waals surface area contributed by atoms with E-state index in [1.807, 2.05) is 0 Å². The molecule has 0 amide bonds. The van der Waals surface area contributed by atoms with E-state index in [2.05, 4.69) is 159 Å². The van der Waals surface area contributed by atoms with E-state index in [1.54, 1.807) is 0 Å². The average Bonchev–Trinajstić information content (AvgIpc) is 3.00. The van der Waals surface area contributed by atoms with Crippen LogP contribution in [-0.2, 0) is 4.74 Å². The van der Waals surface area contributed by atoms with Crippen LogP contribution in [0.4, 0.5) is 0 Å². The molecule has 188 valence electrons. The van der Waals surface area contributed by atoms with Crippen LogP contribution in [0.5, 0.6) is 0 Å². The molecule has 0 N–H and O–H groups in total. The second kappa shape index (κ2) is 13.3. The van der Waals surface area contributed by atoms with Crippen LogP contribution in [0, 0.1) is 0 Å². The Morgan fingerprint density at radius 3 is 1.45 bits per heavy atom. The first-order valence-corrected chi connectivity index (χ1v) is 15.9. The van der Waals surface area contributed by atoms with Crippen LogP contribution in [0.25, 0.3) is 5.76 Å². The minimum atomic E-state index is -0.721. The van der Waals surface area contributed by atoms with Gasteiger partial charge in [-0.25, -0.2) is 0 Å². The Labute approximate surface area is 229 Å². The lowest BCUT2D eigenvalue weighted by atomic mass is 10.2. The molecule has 0 aliphatic heterocycles. The third-order valence-corrected chi connectivity index (χ3v) is 11.4. The van der Waals surface area contributed by atoms with E-state index in [0.717, 1.165) is 11.9 Å². The van der Waals surface area contributed by atoms with Crippen molar-refractivity contribution in [3.63, 3.8) is 0 Å². The summed E-state index contributed by atoms with van der Waals surface area (Å²) in [6.07, 6.45) is 3.09. The molecule has 0 fully saturated rings. The molecule has 5 aromatic rings. The first-order valence-electron chi connectivity index (χ1n) is 13.0. The Balaban J connectivity index is 1.43. The highest BCUT2D eigenvalue weighted by Gasteiger charge is 2.21. The number of benzene rings is 5. The second-order valence-electron chi connectivity index (χ2n) is 8.85. The van der Waals surface area contributed by atoms with Crippen LogP contribution < -0.4 is 26.5 Å². The molecule has 0 aromatic heterocycles. The van der Waals surface area contributed by atoms with Gasteiger partial charge in [-0.3, -0.25) is 0 Å². The Hall–Kier alpha value is -3.50. The van der Waals surface area contributed by atoms with Gasteiger partial charge in [-0.2, -0.15) is 0 Å². The highest BCUT2D eigenvalue weighted by Crippen LogP contribution is 2.37. The number of ether oxygens (including phenoxy) is 1. The summed E-state index contributed by atoms with van der Waals surface area (Å²) in [6.45, 7) is 2.74. The highest BCUT2D eigenvalue weighted by atomic mass is 31.1. The Kier molecular flexibility index (Phi) is 9.17. The van der Waals surface area contributed by atoms with E-state index in [9.17, 15) is 0 Å². The molecule has 5 aromatic carbocycles. The van der Waals surface area contributed by atoms with Gasteiger partial charge < -0.3 is 4.74 Å². The third kappa shape index (κ3) is 6.31. The summed E-state index contributed by atoms with van der Waals surface area (Å²) in [5, 5.41) is 6.77. The average molecular weight is 531 g/mol. The zero-order valence-corrected chi connectivity index (χ0v) is 23.4. The maximum absolute atomic E-state index is 6.60. The van der Waals surface area contributed by atoms with Crippen molar-refractivity contribution in [3.8, 4) is 0 Å². The summed E-state index contributed by atoms with van der Waals surface area (Å²) in [6, 6.07) is 52.2. The normalized spacial score (nSPS) is 11.6. The van der Waals surface area contributed by atoms with Crippen molar-refractivity contribution in [1.82, 2.24) is 0 Å². The topological polar surface area (TPSA) is 9.23 Å². The molecule has 0 spiro atoms. The maximum atomic E-state index is 6.60. The predicted molar refractivity (Wildman–Crippen MR) is 169 cm³/mol. The molecule has 1 nitrogen and oxygen atoms in total. The van der Waals surface area contributed by atoms with Crippen LogP contribution >= 0.6 is 15.8 Å². The van der Waals surface area contributed by atoms with Crippen molar-refractivity contribution in [2.75, 3.05) is 12.8 Å². The van der Waals surface area contributed by atoms with Gasteiger partial charge in [0.05, 0.1) is 6.61 Å². The van der Waals surface area contributed by atoms with Crippen LogP contribution in [-0.4, -0.2) is 12.8 Å². The zero-order valence-electron chi connectivity index (χ0n) is 21.7. The molecule has 0 saturated heterocycles. The number of allylic oxidation sites excluding steroid dienone is 1. The smallest absolute Gasteiger partial charge is 0.122 e. The van der Waals surface area contributed by atoms with Crippen molar-refractivity contribution in [1.29, 1.82) is 0 Å². The van der Waals surface area contributed by atoms with E-state index in [-0.39, 0.29) is 0 Å². The lowest BCUT2D eigenvalue weighted by molar-refractivity contribution is 0.301. The minimum Gasteiger partial charge on any atom is -0.493 e. The third-order valence-electron chi connectivity index (χ3n) is 6.41. The van der Waals surface area contributed by atoms with Gasteiger partial charge in [0.25, 0.3) is 0 Å². The van der Waals surface area contributed by atoms with Gasteiger partial charge in [0.15, 0.2) is 0 Å². The van der Waals surface area contributed by atoms with Crippen LogP contribution in [0.3, 0.4) is 0 Å². The molecule has 5 rings (SSSR count). The van der Waals surface area contributed by atoms with E-state index in [0.29, 0.717) is 6.61 Å². The Bertz CT molecular complexity index is 1360. The van der Waals surface area contributed by atoms with E-state index in [1.165, 1.54) is 32.1 Å². The molecule has 0 unspecified atom stereocenters. The molecular formula is C35H32OP2. The molecule has 0 saturated carbocycles. The largest absolute Gasteiger partial charge is 0.493 e. The Morgan fingerprint density at radius 1 is 0.553 bits per heavy atom. The second-order valence-corrected chi connectivity index (χ2v) is 13.4. The molecular weight excluding hydrogens is 498 g/mol. The van der Waals surface area contributed by atoms with Gasteiger partial charge in [0.2, 0.25) is 0 Å². The van der Waals surface area contributed by atoms with Crippen molar-refractivity contribution in [2.24, 2.45) is 0 Å². The van der Waals surface area contributed by atoms with E-state index in [4.69, 9.17) is 4.74 Å². The van der Waals surface area contributed by atoms with Crippen LogP contribution in [0.1, 0.15) is 12.5 Å². The summed E-state index contributed by atoms with van der Waals surface area (Å²) in [4.78, 5) is 0. The molecule has 0 radical (unpaired) electrons. The molecule has 3 heteroatoms. The van der Waals surface area contributed by atoms with Gasteiger partial charge >= 0.3 is 0 Å². The van der Waals surface area contributed by atoms with Crippen molar-refractivity contribution < 1.29 is 4.74 Å². The number of rotatable bonds is 10. The van der Waals surface area contributed by atoms with Gasteiger partial charge in [-0.15, -0.1) is 0 Å². The molecule has 0 atom stereocenters. The Morgan fingerprint density at radius 2 is 0.974 bits per heavy atom. The van der Waals surface area contributed by atoms with E-state index >= 15 is 0 Å². The van der Waals surface area contributed by atoms with Gasteiger partial charge in [0.1, 0.15) is 5.76 Å². The lowest BCUT2D eigenvalue weighted by Crippen LogP contribution is -2.23. The summed E-state index contributed by atoms with van der Waals surface area (Å²) >= 11 is 0.